The third-order valence-electron chi connectivity index (χ3n) is 3.48. The second-order valence-electron chi connectivity index (χ2n) is 5.37. The number of nitrogens with two attached hydrogens (primary N) is 1. The molecule has 7 heteroatoms. The van der Waals surface area contributed by atoms with Gasteiger partial charge >= 0.3 is 0 Å². The van der Waals surface area contributed by atoms with E-state index in [9.17, 15) is 8.42 Å². The van der Waals surface area contributed by atoms with Crippen LogP contribution in [0.25, 0.3) is 0 Å². The zero-order valence-electron chi connectivity index (χ0n) is 11.5. The van der Waals surface area contributed by atoms with Crippen LogP contribution in [0.3, 0.4) is 0 Å². The molecule has 18 heavy (non-hydrogen) atoms. The van der Waals surface area contributed by atoms with Crippen molar-refractivity contribution in [2.75, 3.05) is 32.4 Å². The first kappa shape index (κ1) is 16.2. The SMILES string of the molecule is CSC(C)(C)CNS(=O)(=O)N1CCC(CN)CC1. The highest BCUT2D eigenvalue weighted by atomic mass is 32.2. The molecule has 1 heterocycles. The first-order valence-electron chi connectivity index (χ1n) is 6.30. The molecule has 5 nitrogen and oxygen atoms in total. The monoisotopic (exact) mass is 295 g/mol. The van der Waals surface area contributed by atoms with Crippen LogP contribution in [0.5, 0.6) is 0 Å². The molecular weight excluding hydrogens is 270 g/mol. The second kappa shape index (κ2) is 6.56. The van der Waals surface area contributed by atoms with Crippen molar-refractivity contribution in [1.82, 2.24) is 9.03 Å². The Morgan fingerprint density at radius 3 is 2.39 bits per heavy atom. The van der Waals surface area contributed by atoms with Gasteiger partial charge in [0.1, 0.15) is 0 Å². The van der Waals surface area contributed by atoms with Gasteiger partial charge in [0, 0.05) is 24.4 Å². The lowest BCUT2D eigenvalue weighted by Crippen LogP contribution is -2.48. The van der Waals surface area contributed by atoms with E-state index < -0.39 is 10.2 Å². The highest BCUT2D eigenvalue weighted by Gasteiger charge is 2.28. The van der Waals surface area contributed by atoms with Gasteiger partial charge in [-0.15, -0.1) is 0 Å². The minimum Gasteiger partial charge on any atom is -0.330 e. The molecule has 0 radical (unpaired) electrons. The van der Waals surface area contributed by atoms with Gasteiger partial charge in [0.25, 0.3) is 10.2 Å². The molecule has 0 aromatic rings. The Kier molecular flexibility index (Phi) is 5.92. The largest absolute Gasteiger partial charge is 0.330 e. The molecule has 0 aliphatic carbocycles. The summed E-state index contributed by atoms with van der Waals surface area (Å²) in [5.74, 6) is 0.471. The number of nitrogens with one attached hydrogen (secondary N) is 1. The lowest BCUT2D eigenvalue weighted by Gasteiger charge is -2.31. The van der Waals surface area contributed by atoms with Crippen molar-refractivity contribution in [1.29, 1.82) is 0 Å². The normalized spacial score (nSPS) is 20.2. The van der Waals surface area contributed by atoms with E-state index in [2.05, 4.69) is 4.72 Å². The van der Waals surface area contributed by atoms with E-state index in [-0.39, 0.29) is 4.75 Å². The maximum absolute atomic E-state index is 12.1. The molecule has 1 aliphatic heterocycles. The van der Waals surface area contributed by atoms with Crippen molar-refractivity contribution in [2.24, 2.45) is 11.7 Å². The highest BCUT2D eigenvalue weighted by Crippen LogP contribution is 2.21. The topological polar surface area (TPSA) is 75.4 Å². The van der Waals surface area contributed by atoms with Crippen molar-refractivity contribution in [2.45, 2.75) is 31.4 Å². The Labute approximate surface area is 115 Å². The van der Waals surface area contributed by atoms with Gasteiger partial charge in [0.2, 0.25) is 0 Å². The molecule has 0 spiro atoms. The fraction of sp³-hybridized carbons (Fsp3) is 1.00. The van der Waals surface area contributed by atoms with Gasteiger partial charge < -0.3 is 5.73 Å². The van der Waals surface area contributed by atoms with E-state index in [0.29, 0.717) is 32.1 Å². The highest BCUT2D eigenvalue weighted by molar-refractivity contribution is 8.00. The number of hydrogen-bond acceptors (Lipinski definition) is 4. The Morgan fingerprint density at radius 1 is 1.39 bits per heavy atom. The average molecular weight is 295 g/mol. The van der Waals surface area contributed by atoms with Crippen molar-refractivity contribution < 1.29 is 8.42 Å². The minimum absolute atomic E-state index is 0.0807. The molecule has 3 N–H and O–H groups in total. The first-order chi connectivity index (χ1) is 8.30. The Hall–Kier alpha value is 0.180. The quantitative estimate of drug-likeness (QED) is 0.754. The van der Waals surface area contributed by atoms with Gasteiger partial charge in [-0.05, 0) is 45.4 Å². The molecule has 108 valence electrons. The number of thioether (sulfide) groups is 1. The van der Waals surface area contributed by atoms with Crippen molar-refractivity contribution >= 4 is 22.0 Å². The van der Waals surface area contributed by atoms with Crippen LogP contribution in [0.4, 0.5) is 0 Å². The zero-order chi connectivity index (χ0) is 13.8. The van der Waals surface area contributed by atoms with Gasteiger partial charge in [-0.3, -0.25) is 0 Å². The van der Waals surface area contributed by atoms with Gasteiger partial charge in [0.05, 0.1) is 0 Å². The standard InChI is InChI=1S/C11H25N3O2S2/c1-11(2,17-3)9-13-18(15,16)14-6-4-10(8-12)5-7-14/h10,13H,4-9,12H2,1-3H3. The molecule has 0 unspecified atom stereocenters. The summed E-state index contributed by atoms with van der Waals surface area (Å²) < 4.78 is 28.4. The third-order valence-corrected chi connectivity index (χ3v) is 6.28. The maximum Gasteiger partial charge on any atom is 0.279 e. The molecule has 0 saturated carbocycles. The Bertz CT molecular complexity index is 349. The van der Waals surface area contributed by atoms with E-state index in [1.807, 2.05) is 20.1 Å². The summed E-state index contributed by atoms with van der Waals surface area (Å²) in [5, 5.41) is 0. The van der Waals surface area contributed by atoms with Gasteiger partial charge in [-0.2, -0.15) is 24.5 Å². The number of rotatable bonds is 6. The summed E-state index contributed by atoms with van der Waals surface area (Å²) in [5.41, 5.74) is 5.61. The maximum atomic E-state index is 12.1. The fourth-order valence-electron chi connectivity index (χ4n) is 1.81. The van der Waals surface area contributed by atoms with Gasteiger partial charge in [0.15, 0.2) is 0 Å². The van der Waals surface area contributed by atoms with Gasteiger partial charge in [-0.1, -0.05) is 0 Å². The van der Waals surface area contributed by atoms with Crippen LogP contribution in [0.15, 0.2) is 0 Å². The third kappa shape index (κ3) is 4.70. The number of piperidine rings is 1. The minimum atomic E-state index is -3.33. The van der Waals surface area contributed by atoms with Crippen LogP contribution in [-0.2, 0) is 10.2 Å². The summed E-state index contributed by atoms with van der Waals surface area (Å²) in [4.78, 5) is 0. The number of nitrogens with zero attached hydrogens (tertiary/aromatic N) is 1. The van der Waals surface area contributed by atoms with Crippen molar-refractivity contribution in [3.8, 4) is 0 Å². The van der Waals surface area contributed by atoms with Crippen LogP contribution in [0.1, 0.15) is 26.7 Å². The Morgan fingerprint density at radius 2 is 1.94 bits per heavy atom. The summed E-state index contributed by atoms with van der Waals surface area (Å²) in [7, 11) is -3.33. The second-order valence-corrected chi connectivity index (χ2v) is 8.64. The molecule has 0 atom stereocenters. The van der Waals surface area contributed by atoms with E-state index in [4.69, 9.17) is 5.73 Å². The van der Waals surface area contributed by atoms with Crippen LogP contribution in [0.2, 0.25) is 0 Å². The molecule has 1 aliphatic rings. The van der Waals surface area contributed by atoms with Crippen LogP contribution < -0.4 is 10.5 Å². The summed E-state index contributed by atoms with van der Waals surface area (Å²) in [6.45, 7) is 6.32. The molecular formula is C11H25N3O2S2. The lowest BCUT2D eigenvalue weighted by molar-refractivity contribution is 0.275. The van der Waals surface area contributed by atoms with Crippen LogP contribution >= 0.6 is 11.8 Å². The van der Waals surface area contributed by atoms with E-state index in [0.717, 1.165) is 12.8 Å². The zero-order valence-corrected chi connectivity index (χ0v) is 13.1. The summed E-state index contributed by atoms with van der Waals surface area (Å²) in [6, 6.07) is 0. The fourth-order valence-corrected chi connectivity index (χ4v) is 3.54. The molecule has 0 aromatic heterocycles. The smallest absolute Gasteiger partial charge is 0.279 e. The summed E-state index contributed by atoms with van der Waals surface area (Å²) in [6.07, 6.45) is 3.72. The predicted molar refractivity (Wildman–Crippen MR) is 77.9 cm³/mol. The summed E-state index contributed by atoms with van der Waals surface area (Å²) >= 11 is 1.66. The molecule has 1 saturated heterocycles. The lowest BCUT2D eigenvalue weighted by atomic mass is 9.99. The van der Waals surface area contributed by atoms with E-state index >= 15 is 0 Å². The predicted octanol–water partition coefficient (Wildman–Crippen LogP) is 0.633. The Balaban J connectivity index is 2.50. The molecule has 1 rings (SSSR count). The first-order valence-corrected chi connectivity index (χ1v) is 8.97. The van der Waals surface area contributed by atoms with Crippen molar-refractivity contribution in [3.63, 3.8) is 0 Å². The molecule has 0 amide bonds. The number of hydrogen-bond donors (Lipinski definition) is 2. The van der Waals surface area contributed by atoms with E-state index in [1.165, 1.54) is 4.31 Å². The molecule has 0 bridgehead atoms. The molecule has 0 aromatic carbocycles. The average Bonchev–Trinajstić information content (AvgIpc) is 2.37. The van der Waals surface area contributed by atoms with Crippen molar-refractivity contribution in [3.05, 3.63) is 0 Å². The van der Waals surface area contributed by atoms with Crippen LogP contribution in [0, 0.1) is 5.92 Å². The van der Waals surface area contributed by atoms with Gasteiger partial charge in [-0.25, -0.2) is 4.72 Å². The van der Waals surface area contributed by atoms with Crippen LogP contribution in [-0.4, -0.2) is 49.9 Å². The van der Waals surface area contributed by atoms with E-state index in [1.54, 1.807) is 11.8 Å². The molecule has 1 fully saturated rings.